The largest absolute Gasteiger partial charge is 0.435 e. The average Bonchev–Trinajstić information content (AvgIpc) is 2.68. The Labute approximate surface area is 161 Å². The molecule has 0 spiro atoms. The Morgan fingerprint density at radius 2 is 1.44 bits per heavy atom. The number of alkyl halides is 2. The van der Waals surface area contributed by atoms with Crippen molar-refractivity contribution in [3.8, 4) is 5.75 Å². The van der Waals surface area contributed by atoms with Crippen LogP contribution in [0.15, 0.2) is 48.5 Å². The van der Waals surface area contributed by atoms with Gasteiger partial charge in [-0.15, -0.1) is 0 Å². The molecule has 1 aliphatic carbocycles. The highest BCUT2D eigenvalue weighted by Crippen LogP contribution is 2.37. The van der Waals surface area contributed by atoms with Crippen molar-refractivity contribution in [2.45, 2.75) is 58.0 Å². The van der Waals surface area contributed by atoms with Crippen LogP contribution < -0.4 is 4.74 Å². The Morgan fingerprint density at radius 3 is 1.96 bits per heavy atom. The maximum atomic E-state index is 12.2. The Bertz CT molecular complexity index is 711. The second-order valence-electron chi connectivity index (χ2n) is 7.45. The fourth-order valence-electron chi connectivity index (χ4n) is 4.02. The fraction of sp³-hybridized carbons (Fsp3) is 0.417. The van der Waals surface area contributed by atoms with Crippen LogP contribution >= 0.6 is 0 Å². The molecule has 0 amide bonds. The highest BCUT2D eigenvalue weighted by molar-refractivity contribution is 5.69. The standard InChI is InChI=1S/C24H28F2O/c1-2-3-18-6-12-21(13-7-18)22-14-8-19(9-15-22)4-5-20-10-16-23(17-11-20)27-24(25)26/h4-5,8-11,14-18,21,24H,2-3,6-7,12-13H2,1H3/t18-,21-. The molecule has 2 aromatic rings. The molecular formula is C24H28F2O. The lowest BCUT2D eigenvalue weighted by Crippen LogP contribution is -2.13. The van der Waals surface area contributed by atoms with Crippen molar-refractivity contribution in [2.24, 2.45) is 5.92 Å². The van der Waals surface area contributed by atoms with Crippen molar-refractivity contribution in [2.75, 3.05) is 0 Å². The SMILES string of the molecule is CCC[C@H]1CC[C@H](c2ccc(C=Cc3ccc(OC(F)F)cc3)cc2)CC1. The molecule has 0 heterocycles. The van der Waals surface area contributed by atoms with Crippen LogP contribution in [-0.2, 0) is 0 Å². The first-order chi connectivity index (χ1) is 13.1. The van der Waals surface area contributed by atoms with Gasteiger partial charge >= 0.3 is 6.61 Å². The summed E-state index contributed by atoms with van der Waals surface area (Å²) in [5, 5.41) is 0. The van der Waals surface area contributed by atoms with Gasteiger partial charge in [0.25, 0.3) is 0 Å². The summed E-state index contributed by atoms with van der Waals surface area (Å²) in [6.07, 6.45) is 12.1. The number of halogens is 2. The molecule has 1 nitrogen and oxygen atoms in total. The van der Waals surface area contributed by atoms with Gasteiger partial charge in [0.1, 0.15) is 5.75 Å². The molecule has 27 heavy (non-hydrogen) atoms. The highest BCUT2D eigenvalue weighted by Gasteiger charge is 2.21. The highest BCUT2D eigenvalue weighted by atomic mass is 19.3. The third-order valence-corrected chi connectivity index (χ3v) is 5.53. The molecule has 3 heteroatoms. The summed E-state index contributed by atoms with van der Waals surface area (Å²) < 4.78 is 28.7. The maximum Gasteiger partial charge on any atom is 0.387 e. The van der Waals surface area contributed by atoms with Gasteiger partial charge < -0.3 is 4.74 Å². The lowest BCUT2D eigenvalue weighted by Gasteiger charge is -2.28. The van der Waals surface area contributed by atoms with Crippen LogP contribution in [0.2, 0.25) is 0 Å². The van der Waals surface area contributed by atoms with E-state index >= 15 is 0 Å². The van der Waals surface area contributed by atoms with Gasteiger partial charge in [-0.2, -0.15) is 8.78 Å². The van der Waals surface area contributed by atoms with E-state index in [4.69, 9.17) is 0 Å². The minimum atomic E-state index is -2.79. The average molecular weight is 370 g/mol. The quantitative estimate of drug-likeness (QED) is 0.458. The summed E-state index contributed by atoms with van der Waals surface area (Å²) in [6, 6.07) is 15.5. The molecule has 1 aliphatic rings. The predicted octanol–water partition coefficient (Wildman–Crippen LogP) is 7.53. The number of rotatable bonds is 7. The van der Waals surface area contributed by atoms with E-state index < -0.39 is 6.61 Å². The van der Waals surface area contributed by atoms with E-state index in [9.17, 15) is 8.78 Å². The van der Waals surface area contributed by atoms with Crippen LogP contribution in [0.1, 0.15) is 68.1 Å². The molecule has 3 rings (SSSR count). The Hall–Kier alpha value is -2.16. The molecule has 0 aromatic heterocycles. The Kier molecular flexibility index (Phi) is 7.03. The van der Waals surface area contributed by atoms with E-state index in [1.165, 1.54) is 44.1 Å². The normalized spacial score (nSPS) is 20.3. The van der Waals surface area contributed by atoms with Crippen molar-refractivity contribution >= 4 is 12.2 Å². The maximum absolute atomic E-state index is 12.2. The second kappa shape index (κ2) is 9.68. The molecule has 1 fully saturated rings. The number of hydrogen-bond donors (Lipinski definition) is 0. The second-order valence-corrected chi connectivity index (χ2v) is 7.45. The van der Waals surface area contributed by atoms with E-state index in [0.717, 1.165) is 17.0 Å². The summed E-state index contributed by atoms with van der Waals surface area (Å²) in [7, 11) is 0. The molecule has 0 bridgehead atoms. The Balaban J connectivity index is 1.55. The monoisotopic (exact) mass is 370 g/mol. The third-order valence-electron chi connectivity index (χ3n) is 5.53. The molecular weight excluding hydrogens is 342 g/mol. The van der Waals surface area contributed by atoms with Crippen LogP contribution in [0.5, 0.6) is 5.75 Å². The summed E-state index contributed by atoms with van der Waals surface area (Å²) in [5.74, 6) is 1.82. The lowest BCUT2D eigenvalue weighted by atomic mass is 9.77. The van der Waals surface area contributed by atoms with Crippen molar-refractivity contribution in [1.82, 2.24) is 0 Å². The summed E-state index contributed by atoms with van der Waals surface area (Å²) >= 11 is 0. The zero-order valence-electron chi connectivity index (χ0n) is 15.9. The minimum absolute atomic E-state index is 0.181. The van der Waals surface area contributed by atoms with Gasteiger partial charge in [-0.3, -0.25) is 0 Å². The van der Waals surface area contributed by atoms with Gasteiger partial charge in [-0.05, 0) is 66.3 Å². The van der Waals surface area contributed by atoms with Crippen LogP contribution in [0.25, 0.3) is 12.2 Å². The lowest BCUT2D eigenvalue weighted by molar-refractivity contribution is -0.0498. The summed E-state index contributed by atoms with van der Waals surface area (Å²) in [4.78, 5) is 0. The van der Waals surface area contributed by atoms with Gasteiger partial charge in [-0.1, -0.05) is 68.3 Å². The van der Waals surface area contributed by atoms with Crippen molar-refractivity contribution < 1.29 is 13.5 Å². The van der Waals surface area contributed by atoms with Crippen LogP contribution in [0, 0.1) is 5.92 Å². The molecule has 2 aromatic carbocycles. The van der Waals surface area contributed by atoms with Gasteiger partial charge in [0, 0.05) is 0 Å². The van der Waals surface area contributed by atoms with Crippen molar-refractivity contribution in [1.29, 1.82) is 0 Å². The van der Waals surface area contributed by atoms with Gasteiger partial charge in [0.05, 0.1) is 0 Å². The molecule has 0 atom stereocenters. The topological polar surface area (TPSA) is 9.23 Å². The smallest absolute Gasteiger partial charge is 0.387 e. The van der Waals surface area contributed by atoms with E-state index in [2.05, 4.69) is 35.9 Å². The number of benzene rings is 2. The molecule has 144 valence electrons. The van der Waals surface area contributed by atoms with Crippen molar-refractivity contribution in [3.05, 3.63) is 65.2 Å². The van der Waals surface area contributed by atoms with Crippen LogP contribution in [0.4, 0.5) is 8.78 Å². The first-order valence-electron chi connectivity index (χ1n) is 9.97. The fourth-order valence-corrected chi connectivity index (χ4v) is 4.02. The zero-order chi connectivity index (χ0) is 19.1. The first kappa shape index (κ1) is 19.6. The van der Waals surface area contributed by atoms with Crippen molar-refractivity contribution in [3.63, 3.8) is 0 Å². The third kappa shape index (κ3) is 5.92. The number of hydrogen-bond acceptors (Lipinski definition) is 1. The van der Waals surface area contributed by atoms with E-state index in [1.807, 2.05) is 12.2 Å². The molecule has 1 saturated carbocycles. The Morgan fingerprint density at radius 1 is 0.889 bits per heavy atom. The van der Waals surface area contributed by atoms with E-state index in [-0.39, 0.29) is 5.75 Å². The summed E-state index contributed by atoms with van der Waals surface area (Å²) in [6.45, 7) is -0.504. The first-order valence-corrected chi connectivity index (χ1v) is 9.97. The minimum Gasteiger partial charge on any atom is -0.435 e. The van der Waals surface area contributed by atoms with Gasteiger partial charge in [0.15, 0.2) is 0 Å². The molecule has 0 radical (unpaired) electrons. The van der Waals surface area contributed by atoms with Crippen LogP contribution in [-0.4, -0.2) is 6.61 Å². The van der Waals surface area contributed by atoms with Gasteiger partial charge in [0.2, 0.25) is 0 Å². The molecule has 0 aliphatic heterocycles. The van der Waals surface area contributed by atoms with Gasteiger partial charge in [-0.25, -0.2) is 0 Å². The predicted molar refractivity (Wildman–Crippen MR) is 108 cm³/mol. The van der Waals surface area contributed by atoms with E-state index in [0.29, 0.717) is 5.92 Å². The molecule has 0 N–H and O–H groups in total. The van der Waals surface area contributed by atoms with E-state index in [1.54, 1.807) is 24.3 Å². The molecule has 0 unspecified atom stereocenters. The number of ether oxygens (including phenoxy) is 1. The van der Waals surface area contributed by atoms with Crippen LogP contribution in [0.3, 0.4) is 0 Å². The zero-order valence-corrected chi connectivity index (χ0v) is 15.9. The summed E-state index contributed by atoms with van der Waals surface area (Å²) in [5.41, 5.74) is 3.55. The molecule has 0 saturated heterocycles.